The van der Waals surface area contributed by atoms with E-state index in [9.17, 15) is 19.3 Å². The van der Waals surface area contributed by atoms with Gasteiger partial charge in [0.25, 0.3) is 5.69 Å². The van der Waals surface area contributed by atoms with Crippen molar-refractivity contribution in [3.8, 4) is 0 Å². The average Bonchev–Trinajstić information content (AvgIpc) is 2.48. The van der Waals surface area contributed by atoms with E-state index in [1.165, 1.54) is 18.1 Å². The van der Waals surface area contributed by atoms with E-state index in [2.05, 4.69) is 10.1 Å². The Kier molecular flexibility index (Phi) is 4.56. The molecule has 1 unspecified atom stereocenters. The van der Waals surface area contributed by atoms with Gasteiger partial charge in [-0.3, -0.25) is 10.1 Å². The number of piperidine rings is 1. The molecule has 1 N–H and O–H groups in total. The summed E-state index contributed by atoms with van der Waals surface area (Å²) in [5, 5.41) is 14.0. The Hall–Kier alpha value is -2.38. The summed E-state index contributed by atoms with van der Waals surface area (Å²) in [5.41, 5.74) is -0.0664. The lowest BCUT2D eigenvalue weighted by atomic mass is 10.1. The average molecular weight is 297 g/mol. The smallest absolute Gasteiger partial charge is 0.409 e. The predicted octanol–water partition coefficient (Wildman–Crippen LogP) is 2.38. The van der Waals surface area contributed by atoms with Crippen molar-refractivity contribution in [1.82, 2.24) is 4.90 Å². The number of carbonyl (C=O) groups is 1. The number of rotatable bonds is 3. The first-order valence-electron chi connectivity index (χ1n) is 6.54. The third-order valence-electron chi connectivity index (χ3n) is 3.37. The van der Waals surface area contributed by atoms with Crippen LogP contribution in [0.3, 0.4) is 0 Å². The molecule has 1 aromatic carbocycles. The van der Waals surface area contributed by atoms with Crippen LogP contribution < -0.4 is 5.32 Å². The van der Waals surface area contributed by atoms with Crippen LogP contribution in [0.2, 0.25) is 0 Å². The predicted molar refractivity (Wildman–Crippen MR) is 73.7 cm³/mol. The number of ether oxygens (including phenoxy) is 1. The fraction of sp³-hybridized carbons (Fsp3) is 0.462. The molecule has 1 heterocycles. The molecule has 0 radical (unpaired) electrons. The lowest BCUT2D eigenvalue weighted by molar-refractivity contribution is -0.384. The normalized spacial score (nSPS) is 18.2. The summed E-state index contributed by atoms with van der Waals surface area (Å²) >= 11 is 0. The largest absolute Gasteiger partial charge is 0.453 e. The van der Waals surface area contributed by atoms with Gasteiger partial charge in [-0.05, 0) is 25.0 Å². The monoisotopic (exact) mass is 297 g/mol. The third-order valence-corrected chi connectivity index (χ3v) is 3.37. The molecule has 1 amide bonds. The Balaban J connectivity index is 2.11. The van der Waals surface area contributed by atoms with Crippen LogP contribution in [0.4, 0.5) is 20.6 Å². The molecule has 8 heteroatoms. The second kappa shape index (κ2) is 6.38. The molecule has 0 saturated carbocycles. The van der Waals surface area contributed by atoms with E-state index >= 15 is 0 Å². The fourth-order valence-electron chi connectivity index (χ4n) is 2.39. The number of hydrogen-bond acceptors (Lipinski definition) is 5. The molecule has 1 aromatic rings. The summed E-state index contributed by atoms with van der Waals surface area (Å²) in [6.45, 7) is 0.984. The number of benzene rings is 1. The van der Waals surface area contributed by atoms with E-state index in [0.29, 0.717) is 13.1 Å². The summed E-state index contributed by atoms with van der Waals surface area (Å²) in [5.74, 6) is -0.660. The minimum Gasteiger partial charge on any atom is -0.453 e. The van der Waals surface area contributed by atoms with Crippen molar-refractivity contribution in [3.05, 3.63) is 34.1 Å². The number of anilines is 1. The first-order valence-corrected chi connectivity index (χ1v) is 6.54. The van der Waals surface area contributed by atoms with Crippen molar-refractivity contribution in [1.29, 1.82) is 0 Å². The van der Waals surface area contributed by atoms with Crippen molar-refractivity contribution >= 4 is 17.5 Å². The highest BCUT2D eigenvalue weighted by molar-refractivity contribution is 5.68. The number of amides is 1. The molecular formula is C13H16FN3O4. The molecule has 2 rings (SSSR count). The summed E-state index contributed by atoms with van der Waals surface area (Å²) < 4.78 is 17.8. The summed E-state index contributed by atoms with van der Waals surface area (Å²) in [6.07, 6.45) is 1.11. The highest BCUT2D eigenvalue weighted by Gasteiger charge is 2.26. The van der Waals surface area contributed by atoms with Gasteiger partial charge in [0.05, 0.1) is 18.1 Å². The number of likely N-dealkylation sites (tertiary alicyclic amines) is 1. The Morgan fingerprint density at radius 3 is 3.00 bits per heavy atom. The van der Waals surface area contributed by atoms with Crippen LogP contribution in [0.5, 0.6) is 0 Å². The minimum atomic E-state index is -0.660. The number of nitro groups is 1. The van der Waals surface area contributed by atoms with Gasteiger partial charge in [-0.15, -0.1) is 0 Å². The molecular weight excluding hydrogens is 281 g/mol. The zero-order valence-electron chi connectivity index (χ0n) is 11.5. The van der Waals surface area contributed by atoms with Crippen molar-refractivity contribution < 1.29 is 18.8 Å². The van der Waals surface area contributed by atoms with Crippen LogP contribution in [0.1, 0.15) is 12.8 Å². The maximum Gasteiger partial charge on any atom is 0.409 e. The van der Waals surface area contributed by atoms with Crippen LogP contribution in [0.15, 0.2) is 18.2 Å². The molecule has 114 valence electrons. The van der Waals surface area contributed by atoms with Crippen LogP contribution in [0.25, 0.3) is 0 Å². The molecule has 1 aliphatic heterocycles. The summed E-state index contributed by atoms with van der Waals surface area (Å²) in [6, 6.07) is 3.24. The van der Waals surface area contributed by atoms with E-state index in [1.54, 1.807) is 0 Å². The third kappa shape index (κ3) is 3.59. The van der Waals surface area contributed by atoms with E-state index < -0.39 is 16.8 Å². The highest BCUT2D eigenvalue weighted by Crippen LogP contribution is 2.27. The number of hydrogen-bond donors (Lipinski definition) is 1. The lowest BCUT2D eigenvalue weighted by Crippen LogP contribution is -2.45. The molecule has 1 aliphatic rings. The van der Waals surface area contributed by atoms with Crippen LogP contribution >= 0.6 is 0 Å². The maximum absolute atomic E-state index is 13.1. The molecule has 0 aliphatic carbocycles. The Labute approximate surface area is 120 Å². The van der Waals surface area contributed by atoms with Gasteiger partial charge in [0, 0.05) is 19.1 Å². The van der Waals surface area contributed by atoms with Gasteiger partial charge in [-0.1, -0.05) is 0 Å². The van der Waals surface area contributed by atoms with E-state index in [4.69, 9.17) is 0 Å². The van der Waals surface area contributed by atoms with Crippen molar-refractivity contribution in [2.75, 3.05) is 25.5 Å². The Morgan fingerprint density at radius 2 is 2.33 bits per heavy atom. The van der Waals surface area contributed by atoms with Crippen LogP contribution in [-0.4, -0.2) is 42.2 Å². The van der Waals surface area contributed by atoms with Crippen molar-refractivity contribution in [2.24, 2.45) is 0 Å². The van der Waals surface area contributed by atoms with E-state index in [1.807, 2.05) is 0 Å². The number of nitro benzene ring substituents is 1. The van der Waals surface area contributed by atoms with Gasteiger partial charge in [0.15, 0.2) is 0 Å². The lowest BCUT2D eigenvalue weighted by Gasteiger charge is -2.32. The van der Waals surface area contributed by atoms with Crippen molar-refractivity contribution in [3.63, 3.8) is 0 Å². The zero-order valence-corrected chi connectivity index (χ0v) is 11.5. The van der Waals surface area contributed by atoms with Gasteiger partial charge >= 0.3 is 6.09 Å². The maximum atomic E-state index is 13.1. The van der Waals surface area contributed by atoms with Gasteiger partial charge < -0.3 is 15.0 Å². The van der Waals surface area contributed by atoms with Gasteiger partial charge in [-0.25, -0.2) is 9.18 Å². The van der Waals surface area contributed by atoms with Gasteiger partial charge in [0.1, 0.15) is 11.5 Å². The second-order valence-corrected chi connectivity index (χ2v) is 4.82. The zero-order chi connectivity index (χ0) is 15.4. The quantitative estimate of drug-likeness (QED) is 0.684. The summed E-state index contributed by atoms with van der Waals surface area (Å²) in [4.78, 5) is 23.4. The fourth-order valence-corrected chi connectivity index (χ4v) is 2.39. The summed E-state index contributed by atoms with van der Waals surface area (Å²) in [7, 11) is 1.31. The first-order chi connectivity index (χ1) is 10.0. The molecule has 21 heavy (non-hydrogen) atoms. The molecule has 0 bridgehead atoms. The topological polar surface area (TPSA) is 84.7 Å². The number of methoxy groups -OCH3 is 1. The van der Waals surface area contributed by atoms with Gasteiger partial charge in [-0.2, -0.15) is 0 Å². The van der Waals surface area contributed by atoms with Crippen molar-refractivity contribution in [2.45, 2.75) is 18.9 Å². The number of nitrogens with one attached hydrogen (secondary N) is 1. The Bertz CT molecular complexity index is 552. The van der Waals surface area contributed by atoms with Crippen LogP contribution in [-0.2, 0) is 4.74 Å². The molecule has 7 nitrogen and oxygen atoms in total. The minimum absolute atomic E-state index is 0.137. The van der Waals surface area contributed by atoms with Crippen LogP contribution in [0, 0.1) is 15.9 Å². The molecule has 1 saturated heterocycles. The molecule has 1 atom stereocenters. The number of carbonyl (C=O) groups excluding carboxylic acids is 1. The second-order valence-electron chi connectivity index (χ2n) is 4.82. The highest BCUT2D eigenvalue weighted by atomic mass is 19.1. The SMILES string of the molecule is COC(=O)N1CCCC(Nc2ccc(F)cc2[N+](=O)[O-])C1. The Morgan fingerprint density at radius 1 is 1.57 bits per heavy atom. The number of nitrogens with zero attached hydrogens (tertiary/aromatic N) is 2. The van der Waals surface area contributed by atoms with Gasteiger partial charge in [0.2, 0.25) is 0 Å². The number of halogens is 1. The standard InChI is InChI=1S/C13H16FN3O4/c1-21-13(18)16-6-2-3-10(8-16)15-11-5-4-9(14)7-12(11)17(19)20/h4-5,7,10,15H,2-3,6,8H2,1H3. The molecule has 0 aromatic heterocycles. The molecule has 0 spiro atoms. The molecule has 1 fully saturated rings. The van der Waals surface area contributed by atoms with E-state index in [-0.39, 0.29) is 17.4 Å². The first kappa shape index (κ1) is 15.0. The van der Waals surface area contributed by atoms with E-state index in [0.717, 1.165) is 25.0 Å².